The number of hydrogen-bond donors (Lipinski definition) is 0. The SMILES string of the molecule is S=C=Nc1ccc(I)nc1Cl. The van der Waals surface area contributed by atoms with Gasteiger partial charge in [0.05, 0.1) is 5.16 Å². The highest BCUT2D eigenvalue weighted by atomic mass is 127. The fourth-order valence-electron chi connectivity index (χ4n) is 0.537. The minimum absolute atomic E-state index is 0.356. The Hall–Kier alpha value is -0.0300. The first-order chi connectivity index (χ1) is 5.24. The Morgan fingerprint density at radius 1 is 1.64 bits per heavy atom. The van der Waals surface area contributed by atoms with E-state index in [1.807, 2.05) is 0 Å². The molecule has 0 unspecified atom stereocenters. The fourth-order valence-corrected chi connectivity index (χ4v) is 1.40. The lowest BCUT2D eigenvalue weighted by molar-refractivity contribution is 1.26. The average Bonchev–Trinajstić information content (AvgIpc) is 1.95. The van der Waals surface area contributed by atoms with Crippen LogP contribution in [0.5, 0.6) is 0 Å². The van der Waals surface area contributed by atoms with Crippen molar-refractivity contribution in [2.45, 2.75) is 0 Å². The van der Waals surface area contributed by atoms with Crippen LogP contribution in [0.1, 0.15) is 0 Å². The molecule has 11 heavy (non-hydrogen) atoms. The third-order valence-electron chi connectivity index (χ3n) is 0.961. The van der Waals surface area contributed by atoms with E-state index in [4.69, 9.17) is 11.6 Å². The first kappa shape index (κ1) is 9.06. The van der Waals surface area contributed by atoms with Crippen LogP contribution in [0, 0.1) is 3.70 Å². The smallest absolute Gasteiger partial charge is 0.156 e. The molecule has 0 aliphatic carbocycles. The molecule has 1 aromatic heterocycles. The van der Waals surface area contributed by atoms with Crippen molar-refractivity contribution >= 4 is 57.3 Å². The zero-order valence-electron chi connectivity index (χ0n) is 5.21. The topological polar surface area (TPSA) is 25.2 Å². The van der Waals surface area contributed by atoms with E-state index in [2.05, 4.69) is 49.9 Å². The summed E-state index contributed by atoms with van der Waals surface area (Å²) in [6.07, 6.45) is 0. The van der Waals surface area contributed by atoms with Gasteiger partial charge in [0.1, 0.15) is 9.39 Å². The molecule has 0 amide bonds. The third kappa shape index (κ3) is 2.48. The van der Waals surface area contributed by atoms with Crippen molar-refractivity contribution in [1.82, 2.24) is 4.98 Å². The zero-order valence-corrected chi connectivity index (χ0v) is 8.94. The lowest BCUT2D eigenvalue weighted by Gasteiger charge is -1.94. The van der Waals surface area contributed by atoms with Crippen LogP contribution in [-0.2, 0) is 0 Å². The molecule has 56 valence electrons. The molecule has 0 aliphatic rings. The van der Waals surface area contributed by atoms with Gasteiger partial charge in [-0.2, -0.15) is 4.99 Å². The maximum atomic E-state index is 5.71. The summed E-state index contributed by atoms with van der Waals surface area (Å²) in [5.41, 5.74) is 0.557. The summed E-state index contributed by atoms with van der Waals surface area (Å²) in [5.74, 6) is 0. The quantitative estimate of drug-likeness (QED) is 0.344. The largest absolute Gasteiger partial charge is 0.228 e. The highest BCUT2D eigenvalue weighted by Crippen LogP contribution is 2.22. The van der Waals surface area contributed by atoms with Gasteiger partial charge in [-0.1, -0.05) is 11.6 Å². The third-order valence-corrected chi connectivity index (χ3v) is 1.93. The highest BCUT2D eigenvalue weighted by Gasteiger charge is 1.98. The number of halogens is 2. The van der Waals surface area contributed by atoms with Gasteiger partial charge in [-0.3, -0.25) is 0 Å². The molecular formula is C6H2ClIN2S. The number of aromatic nitrogens is 1. The van der Waals surface area contributed by atoms with E-state index in [1.165, 1.54) is 0 Å². The van der Waals surface area contributed by atoms with Crippen LogP contribution in [-0.4, -0.2) is 10.1 Å². The van der Waals surface area contributed by atoms with Crippen molar-refractivity contribution in [1.29, 1.82) is 0 Å². The molecule has 1 heterocycles. The Morgan fingerprint density at radius 3 is 2.91 bits per heavy atom. The second-order valence-corrected chi connectivity index (χ2v) is 3.29. The number of rotatable bonds is 1. The van der Waals surface area contributed by atoms with Crippen LogP contribution in [0.15, 0.2) is 17.1 Å². The highest BCUT2D eigenvalue weighted by molar-refractivity contribution is 14.1. The van der Waals surface area contributed by atoms with Gasteiger partial charge in [0.15, 0.2) is 5.15 Å². The van der Waals surface area contributed by atoms with Gasteiger partial charge in [-0.25, -0.2) is 4.98 Å². The number of pyridine rings is 1. The minimum atomic E-state index is 0.356. The molecule has 2 nitrogen and oxygen atoms in total. The summed E-state index contributed by atoms with van der Waals surface area (Å²) in [7, 11) is 0. The molecule has 0 saturated heterocycles. The van der Waals surface area contributed by atoms with Gasteiger partial charge in [0, 0.05) is 0 Å². The fraction of sp³-hybridized carbons (Fsp3) is 0. The number of thiocarbonyl (C=S) groups is 1. The van der Waals surface area contributed by atoms with Crippen molar-refractivity contribution in [3.05, 3.63) is 21.0 Å². The minimum Gasteiger partial charge on any atom is -0.228 e. The maximum Gasteiger partial charge on any atom is 0.156 e. The molecule has 1 aromatic rings. The molecule has 0 bridgehead atoms. The van der Waals surface area contributed by atoms with E-state index in [0.29, 0.717) is 10.8 Å². The Labute approximate surface area is 87.8 Å². The summed E-state index contributed by atoms with van der Waals surface area (Å²) < 4.78 is 0.830. The predicted octanol–water partition coefficient (Wildman–Crippen LogP) is 3.07. The number of nitrogens with zero attached hydrogens (tertiary/aromatic N) is 2. The van der Waals surface area contributed by atoms with Crippen LogP contribution < -0.4 is 0 Å². The molecular weight excluding hydrogens is 295 g/mol. The van der Waals surface area contributed by atoms with E-state index in [0.717, 1.165) is 3.70 Å². The van der Waals surface area contributed by atoms with Crippen LogP contribution >= 0.6 is 46.4 Å². The van der Waals surface area contributed by atoms with E-state index >= 15 is 0 Å². The van der Waals surface area contributed by atoms with Crippen molar-refractivity contribution in [2.24, 2.45) is 4.99 Å². The van der Waals surface area contributed by atoms with Crippen LogP contribution in [0.2, 0.25) is 5.15 Å². The molecule has 5 heteroatoms. The number of aliphatic imine (C=N–C) groups is 1. The molecule has 0 spiro atoms. The van der Waals surface area contributed by atoms with E-state index in [9.17, 15) is 0 Å². The number of hydrogen-bond acceptors (Lipinski definition) is 3. The predicted molar refractivity (Wildman–Crippen MR) is 56.7 cm³/mol. The van der Waals surface area contributed by atoms with Gasteiger partial charge in [0.25, 0.3) is 0 Å². The van der Waals surface area contributed by atoms with Crippen molar-refractivity contribution in [3.8, 4) is 0 Å². The first-order valence-corrected chi connectivity index (χ1v) is 4.50. The summed E-state index contributed by atoms with van der Waals surface area (Å²) in [6, 6.07) is 3.55. The van der Waals surface area contributed by atoms with Crippen molar-refractivity contribution < 1.29 is 0 Å². The monoisotopic (exact) mass is 296 g/mol. The molecule has 0 radical (unpaired) electrons. The summed E-state index contributed by atoms with van der Waals surface area (Å²) >= 11 is 12.2. The Balaban J connectivity index is 3.19. The molecule has 0 atom stereocenters. The normalized spacial score (nSPS) is 8.91. The summed E-state index contributed by atoms with van der Waals surface area (Å²) in [5, 5.41) is 2.58. The van der Waals surface area contributed by atoms with Gasteiger partial charge < -0.3 is 0 Å². The van der Waals surface area contributed by atoms with Crippen molar-refractivity contribution in [2.75, 3.05) is 0 Å². The van der Waals surface area contributed by atoms with Gasteiger partial charge in [-0.15, -0.1) is 0 Å². The van der Waals surface area contributed by atoms with Gasteiger partial charge in [0.2, 0.25) is 0 Å². The average molecular weight is 297 g/mol. The summed E-state index contributed by atoms with van der Waals surface area (Å²) in [6.45, 7) is 0. The van der Waals surface area contributed by atoms with Gasteiger partial charge >= 0.3 is 0 Å². The lowest BCUT2D eigenvalue weighted by atomic mass is 10.4. The Morgan fingerprint density at radius 2 is 2.36 bits per heavy atom. The molecule has 0 fully saturated rings. The van der Waals surface area contributed by atoms with Crippen LogP contribution in [0.3, 0.4) is 0 Å². The summed E-state index contributed by atoms with van der Waals surface area (Å²) in [4.78, 5) is 7.68. The van der Waals surface area contributed by atoms with Crippen molar-refractivity contribution in [3.63, 3.8) is 0 Å². The lowest BCUT2D eigenvalue weighted by Crippen LogP contribution is -1.79. The second-order valence-electron chi connectivity index (χ2n) is 1.65. The standard InChI is InChI=1S/C6H2ClIN2S/c7-6-4(9-3-11)1-2-5(8)10-6/h1-2H. The molecule has 1 rings (SSSR count). The van der Waals surface area contributed by atoms with Crippen LogP contribution in [0.4, 0.5) is 5.69 Å². The molecule has 0 saturated carbocycles. The van der Waals surface area contributed by atoms with E-state index in [1.54, 1.807) is 12.1 Å². The molecule has 0 N–H and O–H groups in total. The van der Waals surface area contributed by atoms with Crippen LogP contribution in [0.25, 0.3) is 0 Å². The number of isothiocyanates is 1. The maximum absolute atomic E-state index is 5.71. The van der Waals surface area contributed by atoms with E-state index < -0.39 is 0 Å². The van der Waals surface area contributed by atoms with E-state index in [-0.39, 0.29) is 0 Å². The molecule has 0 aliphatic heterocycles. The van der Waals surface area contributed by atoms with Gasteiger partial charge in [-0.05, 0) is 46.9 Å². The Kier molecular flexibility index (Phi) is 3.39. The molecule has 0 aromatic carbocycles. The zero-order chi connectivity index (χ0) is 8.27. The first-order valence-electron chi connectivity index (χ1n) is 2.64. The Bertz CT molecular complexity index is 322. The second kappa shape index (κ2) is 4.11.